The smallest absolute Gasteiger partial charge is 0.303 e. The predicted octanol–water partition coefficient (Wildman–Crippen LogP) is 3.55. The highest BCUT2D eigenvalue weighted by Gasteiger charge is 2.09. The van der Waals surface area contributed by atoms with E-state index in [4.69, 9.17) is 5.11 Å². The number of aryl methyl sites for hydroxylation is 2. The highest BCUT2D eigenvalue weighted by Crippen LogP contribution is 2.24. The van der Waals surface area contributed by atoms with Crippen LogP contribution in [0.3, 0.4) is 0 Å². The van der Waals surface area contributed by atoms with Crippen molar-refractivity contribution in [3.05, 3.63) is 40.3 Å². The minimum atomic E-state index is -0.768. The number of aromatic nitrogens is 2. The van der Waals surface area contributed by atoms with Gasteiger partial charge in [-0.3, -0.25) is 4.79 Å². The number of rotatable bonds is 5. The number of carbonyl (C=O) groups is 1. The summed E-state index contributed by atoms with van der Waals surface area (Å²) in [6.45, 7) is 1.98. The molecule has 5 heteroatoms. The van der Waals surface area contributed by atoms with Gasteiger partial charge in [-0.15, -0.1) is 0 Å². The Kier molecular flexibility index (Phi) is 4.37. The number of hydrogen-bond donors (Lipinski definition) is 2. The molecule has 0 amide bonds. The Balaban J connectivity index is 2.15. The molecule has 2 aromatic rings. The quantitative estimate of drug-likeness (QED) is 0.884. The van der Waals surface area contributed by atoms with E-state index in [0.29, 0.717) is 12.8 Å². The Hall–Kier alpha value is -1.62. The molecule has 0 bridgehead atoms. The lowest BCUT2D eigenvalue weighted by atomic mass is 10.1. The first-order valence-electron chi connectivity index (χ1n) is 6.09. The summed E-state index contributed by atoms with van der Waals surface area (Å²) < 4.78 is 1.01. The van der Waals surface area contributed by atoms with Crippen molar-refractivity contribution in [3.63, 3.8) is 0 Å². The summed E-state index contributed by atoms with van der Waals surface area (Å²) in [4.78, 5) is 18.3. The van der Waals surface area contributed by atoms with Crippen LogP contribution in [-0.4, -0.2) is 21.0 Å². The van der Waals surface area contributed by atoms with Crippen molar-refractivity contribution < 1.29 is 9.90 Å². The van der Waals surface area contributed by atoms with Crippen LogP contribution < -0.4 is 0 Å². The molecule has 0 saturated heterocycles. The molecule has 2 N–H and O–H groups in total. The van der Waals surface area contributed by atoms with Crippen molar-refractivity contribution in [2.75, 3.05) is 0 Å². The van der Waals surface area contributed by atoms with E-state index in [1.54, 1.807) is 0 Å². The van der Waals surface area contributed by atoms with Crippen LogP contribution in [0.25, 0.3) is 11.3 Å². The first-order valence-corrected chi connectivity index (χ1v) is 6.89. The lowest BCUT2D eigenvalue weighted by molar-refractivity contribution is -0.137. The third-order valence-electron chi connectivity index (χ3n) is 2.84. The van der Waals surface area contributed by atoms with Crippen molar-refractivity contribution in [1.29, 1.82) is 0 Å². The molecule has 100 valence electrons. The van der Waals surface area contributed by atoms with Crippen LogP contribution in [0.1, 0.15) is 24.4 Å². The molecule has 0 saturated carbocycles. The fraction of sp³-hybridized carbons (Fsp3) is 0.286. The first-order chi connectivity index (χ1) is 9.06. The van der Waals surface area contributed by atoms with Crippen LogP contribution in [0.15, 0.2) is 28.7 Å². The molecule has 0 atom stereocenters. The summed E-state index contributed by atoms with van der Waals surface area (Å²) in [7, 11) is 0. The number of carboxylic acids is 1. The third-order valence-corrected chi connectivity index (χ3v) is 3.33. The molecular weight excluding hydrogens is 308 g/mol. The van der Waals surface area contributed by atoms with E-state index in [1.807, 2.05) is 31.2 Å². The van der Waals surface area contributed by atoms with Gasteiger partial charge in [0.05, 0.1) is 5.69 Å². The van der Waals surface area contributed by atoms with Gasteiger partial charge in [-0.2, -0.15) is 0 Å². The fourth-order valence-corrected chi connectivity index (χ4v) is 2.36. The molecule has 1 aromatic carbocycles. The Labute approximate surface area is 120 Å². The van der Waals surface area contributed by atoms with Gasteiger partial charge >= 0.3 is 5.97 Å². The number of nitrogens with one attached hydrogen (secondary N) is 1. The molecule has 1 aromatic heterocycles. The lowest BCUT2D eigenvalue weighted by Crippen LogP contribution is -1.96. The van der Waals surface area contributed by atoms with Gasteiger partial charge in [-0.05, 0) is 25.5 Å². The summed E-state index contributed by atoms with van der Waals surface area (Å²) in [5, 5.41) is 8.62. The highest BCUT2D eigenvalue weighted by molar-refractivity contribution is 9.10. The van der Waals surface area contributed by atoms with E-state index in [2.05, 4.69) is 25.9 Å². The van der Waals surface area contributed by atoms with E-state index in [-0.39, 0.29) is 6.42 Å². The largest absolute Gasteiger partial charge is 0.481 e. The number of aliphatic carboxylic acids is 1. The number of benzene rings is 1. The van der Waals surface area contributed by atoms with Crippen molar-refractivity contribution in [2.24, 2.45) is 0 Å². The van der Waals surface area contributed by atoms with Crippen LogP contribution in [-0.2, 0) is 11.2 Å². The van der Waals surface area contributed by atoms with Gasteiger partial charge in [-0.1, -0.05) is 28.1 Å². The highest BCUT2D eigenvalue weighted by atomic mass is 79.9. The molecule has 0 aliphatic carbocycles. The molecule has 4 nitrogen and oxygen atoms in total. The van der Waals surface area contributed by atoms with E-state index >= 15 is 0 Å². The lowest BCUT2D eigenvalue weighted by Gasteiger charge is -1.98. The van der Waals surface area contributed by atoms with Crippen LogP contribution in [0.5, 0.6) is 0 Å². The fourth-order valence-electron chi connectivity index (χ4n) is 1.96. The number of nitrogens with zero attached hydrogens (tertiary/aromatic N) is 1. The standard InChI is InChI=1S/C14H15BrN2O2/c1-9-14(10-4-2-5-11(15)8-10)17-12(16-9)6-3-7-13(18)19/h2,4-5,8H,3,6-7H2,1H3,(H,16,17)(H,18,19). The maximum Gasteiger partial charge on any atom is 0.303 e. The number of imidazole rings is 1. The molecule has 0 radical (unpaired) electrons. The Morgan fingerprint density at radius 3 is 2.95 bits per heavy atom. The van der Waals surface area contributed by atoms with Gasteiger partial charge < -0.3 is 10.1 Å². The number of aromatic amines is 1. The van der Waals surface area contributed by atoms with E-state index in [0.717, 1.165) is 27.2 Å². The van der Waals surface area contributed by atoms with Crippen LogP contribution in [0.2, 0.25) is 0 Å². The summed E-state index contributed by atoms with van der Waals surface area (Å²) in [6, 6.07) is 7.97. The number of hydrogen-bond acceptors (Lipinski definition) is 2. The third kappa shape index (κ3) is 3.67. The second kappa shape index (κ2) is 6.02. The van der Waals surface area contributed by atoms with Crippen LogP contribution >= 0.6 is 15.9 Å². The summed E-state index contributed by atoms with van der Waals surface area (Å²) in [6.07, 6.45) is 1.42. The number of carboxylic acid groups (broad SMARTS) is 1. The minimum absolute atomic E-state index is 0.173. The van der Waals surface area contributed by atoms with Crippen molar-refractivity contribution in [1.82, 2.24) is 9.97 Å². The van der Waals surface area contributed by atoms with Crippen molar-refractivity contribution in [2.45, 2.75) is 26.2 Å². The van der Waals surface area contributed by atoms with Gasteiger partial charge in [-0.25, -0.2) is 4.98 Å². The zero-order chi connectivity index (χ0) is 13.8. The predicted molar refractivity (Wildman–Crippen MR) is 77.0 cm³/mol. The zero-order valence-corrected chi connectivity index (χ0v) is 12.2. The molecule has 0 aliphatic rings. The van der Waals surface area contributed by atoms with Gasteiger partial charge in [0.15, 0.2) is 0 Å². The van der Waals surface area contributed by atoms with Gasteiger partial charge in [0.1, 0.15) is 5.82 Å². The SMILES string of the molecule is Cc1[nH]c(CCCC(=O)O)nc1-c1cccc(Br)c1. The average Bonchev–Trinajstić information content (AvgIpc) is 2.70. The van der Waals surface area contributed by atoms with Gasteiger partial charge in [0.2, 0.25) is 0 Å². The van der Waals surface area contributed by atoms with E-state index in [9.17, 15) is 4.79 Å². The second-order valence-electron chi connectivity index (χ2n) is 4.41. The summed E-state index contributed by atoms with van der Waals surface area (Å²) >= 11 is 3.45. The maximum atomic E-state index is 10.5. The number of H-pyrrole nitrogens is 1. The summed E-state index contributed by atoms with van der Waals surface area (Å²) in [5.41, 5.74) is 2.97. The normalized spacial score (nSPS) is 10.6. The van der Waals surface area contributed by atoms with Crippen LogP contribution in [0.4, 0.5) is 0 Å². The van der Waals surface area contributed by atoms with Crippen molar-refractivity contribution >= 4 is 21.9 Å². The first kappa shape index (κ1) is 13.8. The second-order valence-corrected chi connectivity index (χ2v) is 5.33. The number of halogens is 1. The molecule has 2 rings (SSSR count). The average molecular weight is 323 g/mol. The molecule has 0 unspecified atom stereocenters. The van der Waals surface area contributed by atoms with Gasteiger partial charge in [0, 0.05) is 28.6 Å². The minimum Gasteiger partial charge on any atom is -0.481 e. The monoisotopic (exact) mass is 322 g/mol. The molecule has 19 heavy (non-hydrogen) atoms. The van der Waals surface area contributed by atoms with E-state index in [1.165, 1.54) is 0 Å². The Bertz CT molecular complexity index is 593. The molecular formula is C14H15BrN2O2. The van der Waals surface area contributed by atoms with Crippen LogP contribution in [0, 0.1) is 6.92 Å². The van der Waals surface area contributed by atoms with Gasteiger partial charge in [0.25, 0.3) is 0 Å². The van der Waals surface area contributed by atoms with Crippen molar-refractivity contribution in [3.8, 4) is 11.3 Å². The zero-order valence-electron chi connectivity index (χ0n) is 10.6. The Morgan fingerprint density at radius 2 is 2.26 bits per heavy atom. The topological polar surface area (TPSA) is 66.0 Å². The Morgan fingerprint density at radius 1 is 1.47 bits per heavy atom. The molecule has 0 aliphatic heterocycles. The van der Waals surface area contributed by atoms with E-state index < -0.39 is 5.97 Å². The molecule has 0 spiro atoms. The molecule has 0 fully saturated rings. The molecule has 1 heterocycles. The maximum absolute atomic E-state index is 10.5. The summed E-state index contributed by atoms with van der Waals surface area (Å²) in [5.74, 6) is 0.0733.